The number of aliphatic hydroxyl groups is 1. The molecule has 0 spiro atoms. The van der Waals surface area contributed by atoms with E-state index in [0.717, 1.165) is 12.2 Å². The Kier molecular flexibility index (Phi) is 11.7. The number of hydrogen-bond acceptors (Lipinski definition) is 2. The molecule has 0 radical (unpaired) electrons. The minimum atomic E-state index is -0.691. The molecule has 0 aliphatic rings. The van der Waals surface area contributed by atoms with Crippen LogP contribution >= 0.6 is 0 Å². The highest BCUT2D eigenvalue weighted by atomic mass is 16.6. The molecule has 132 valence electrons. The summed E-state index contributed by atoms with van der Waals surface area (Å²) in [7, 11) is 0. The zero-order valence-electron chi connectivity index (χ0n) is 15.2. The number of unbranched alkanes of at least 4 members (excludes halogenated alkanes) is 9. The quantitative estimate of drug-likeness (QED) is 0.324. The standard InChI is InChI=1S/C21H36O2/c1-3-5-6-7-8-9-10-11-12-13-16-19-17-14-15-18-20(19)23-21(22)4-2/h14-15,17-18,21-22H,3-13,16H2,1-2H3. The van der Waals surface area contributed by atoms with Crippen molar-refractivity contribution < 1.29 is 9.84 Å². The van der Waals surface area contributed by atoms with E-state index in [9.17, 15) is 5.11 Å². The van der Waals surface area contributed by atoms with Crippen LogP contribution in [0, 0.1) is 0 Å². The molecule has 0 saturated heterocycles. The highest BCUT2D eigenvalue weighted by Gasteiger charge is 2.07. The molecule has 0 aromatic heterocycles. The lowest BCUT2D eigenvalue weighted by Crippen LogP contribution is -2.14. The second-order valence-electron chi connectivity index (χ2n) is 6.52. The minimum absolute atomic E-state index is 0.618. The highest BCUT2D eigenvalue weighted by Crippen LogP contribution is 2.22. The zero-order valence-corrected chi connectivity index (χ0v) is 15.2. The van der Waals surface area contributed by atoms with Crippen LogP contribution in [0.25, 0.3) is 0 Å². The van der Waals surface area contributed by atoms with Crippen LogP contribution in [-0.4, -0.2) is 11.4 Å². The number of benzene rings is 1. The largest absolute Gasteiger partial charge is 0.465 e. The predicted octanol–water partition coefficient (Wildman–Crippen LogP) is 6.26. The molecular weight excluding hydrogens is 284 g/mol. The Hall–Kier alpha value is -1.02. The SMILES string of the molecule is CCCCCCCCCCCCc1ccccc1OC(O)CC. The van der Waals surface area contributed by atoms with E-state index in [1.54, 1.807) is 0 Å². The fourth-order valence-corrected chi connectivity index (χ4v) is 2.86. The van der Waals surface area contributed by atoms with Gasteiger partial charge >= 0.3 is 0 Å². The Bertz CT molecular complexity index is 389. The van der Waals surface area contributed by atoms with Crippen LogP contribution in [-0.2, 0) is 6.42 Å². The van der Waals surface area contributed by atoms with Crippen molar-refractivity contribution in [3.05, 3.63) is 29.8 Å². The lowest BCUT2D eigenvalue weighted by atomic mass is 10.0. The van der Waals surface area contributed by atoms with Gasteiger partial charge < -0.3 is 9.84 Å². The number of aliphatic hydroxyl groups excluding tert-OH is 1. The molecule has 2 nitrogen and oxygen atoms in total. The third-order valence-corrected chi connectivity index (χ3v) is 4.38. The smallest absolute Gasteiger partial charge is 0.197 e. The van der Waals surface area contributed by atoms with Crippen molar-refractivity contribution in [2.45, 2.75) is 97.2 Å². The molecule has 23 heavy (non-hydrogen) atoms. The van der Waals surface area contributed by atoms with Gasteiger partial charge in [0.15, 0.2) is 6.29 Å². The number of rotatable bonds is 14. The van der Waals surface area contributed by atoms with Crippen LogP contribution < -0.4 is 4.74 Å². The summed E-state index contributed by atoms with van der Waals surface area (Å²) < 4.78 is 5.59. The number of ether oxygens (including phenoxy) is 1. The number of hydrogen-bond donors (Lipinski definition) is 1. The van der Waals surface area contributed by atoms with Gasteiger partial charge in [-0.1, -0.05) is 89.8 Å². The van der Waals surface area contributed by atoms with Gasteiger partial charge in [0.1, 0.15) is 5.75 Å². The van der Waals surface area contributed by atoms with Crippen molar-refractivity contribution in [2.75, 3.05) is 0 Å². The van der Waals surface area contributed by atoms with Gasteiger partial charge in [0.2, 0.25) is 0 Å². The Labute approximate surface area is 143 Å². The van der Waals surface area contributed by atoms with Crippen molar-refractivity contribution in [2.24, 2.45) is 0 Å². The number of aryl methyl sites for hydroxylation is 1. The van der Waals surface area contributed by atoms with Crippen LogP contribution in [0.15, 0.2) is 24.3 Å². The van der Waals surface area contributed by atoms with Gasteiger partial charge in [-0.3, -0.25) is 0 Å². The highest BCUT2D eigenvalue weighted by molar-refractivity contribution is 5.33. The van der Waals surface area contributed by atoms with Gasteiger partial charge in [0.05, 0.1) is 0 Å². The van der Waals surface area contributed by atoms with Crippen molar-refractivity contribution in [3.8, 4) is 5.75 Å². The maximum Gasteiger partial charge on any atom is 0.197 e. The topological polar surface area (TPSA) is 29.5 Å². The molecule has 0 heterocycles. The molecule has 0 amide bonds. The summed E-state index contributed by atoms with van der Waals surface area (Å²) in [5, 5.41) is 9.66. The summed E-state index contributed by atoms with van der Waals surface area (Å²) in [4.78, 5) is 0. The summed E-state index contributed by atoms with van der Waals surface area (Å²) in [6.45, 7) is 4.20. The van der Waals surface area contributed by atoms with E-state index in [2.05, 4.69) is 19.1 Å². The van der Waals surface area contributed by atoms with Crippen molar-refractivity contribution in [3.63, 3.8) is 0 Å². The van der Waals surface area contributed by atoms with Gasteiger partial charge in [0, 0.05) is 6.42 Å². The van der Waals surface area contributed by atoms with Gasteiger partial charge in [-0.15, -0.1) is 0 Å². The summed E-state index contributed by atoms with van der Waals surface area (Å²) in [5.74, 6) is 0.845. The lowest BCUT2D eigenvalue weighted by molar-refractivity contribution is -0.0197. The maximum absolute atomic E-state index is 9.66. The molecule has 0 saturated carbocycles. The first-order valence-electron chi connectivity index (χ1n) is 9.70. The van der Waals surface area contributed by atoms with E-state index in [0.29, 0.717) is 6.42 Å². The molecule has 0 fully saturated rings. The van der Waals surface area contributed by atoms with E-state index in [-0.39, 0.29) is 0 Å². The Morgan fingerprint density at radius 3 is 2.00 bits per heavy atom. The third kappa shape index (κ3) is 9.65. The summed E-state index contributed by atoms with van der Waals surface area (Å²) in [6.07, 6.45) is 14.5. The first-order valence-corrected chi connectivity index (χ1v) is 9.70. The molecule has 1 aromatic carbocycles. The first kappa shape index (κ1) is 20.0. The van der Waals surface area contributed by atoms with Gasteiger partial charge in [-0.2, -0.15) is 0 Å². The van der Waals surface area contributed by atoms with E-state index >= 15 is 0 Å². The molecule has 0 bridgehead atoms. The van der Waals surface area contributed by atoms with Gasteiger partial charge in [-0.25, -0.2) is 0 Å². The molecule has 0 aliphatic heterocycles. The zero-order chi connectivity index (χ0) is 16.8. The lowest BCUT2D eigenvalue weighted by Gasteiger charge is -2.15. The van der Waals surface area contributed by atoms with E-state index in [1.165, 1.54) is 69.8 Å². The average Bonchev–Trinajstić information content (AvgIpc) is 2.57. The van der Waals surface area contributed by atoms with Crippen LogP contribution in [0.5, 0.6) is 5.75 Å². The summed E-state index contributed by atoms with van der Waals surface area (Å²) >= 11 is 0. The Balaban J connectivity index is 2.11. The fourth-order valence-electron chi connectivity index (χ4n) is 2.86. The third-order valence-electron chi connectivity index (χ3n) is 4.38. The first-order chi connectivity index (χ1) is 11.3. The molecule has 0 aliphatic carbocycles. The fraction of sp³-hybridized carbons (Fsp3) is 0.714. The van der Waals surface area contributed by atoms with Crippen LogP contribution in [0.2, 0.25) is 0 Å². The second kappa shape index (κ2) is 13.4. The Morgan fingerprint density at radius 2 is 1.39 bits per heavy atom. The predicted molar refractivity (Wildman–Crippen MR) is 98.9 cm³/mol. The normalized spacial score (nSPS) is 12.3. The van der Waals surface area contributed by atoms with Crippen LogP contribution in [0.3, 0.4) is 0 Å². The molecular formula is C21H36O2. The molecule has 1 aromatic rings. The van der Waals surface area contributed by atoms with E-state index in [1.807, 2.05) is 19.1 Å². The summed E-state index contributed by atoms with van der Waals surface area (Å²) in [5.41, 5.74) is 1.22. The van der Waals surface area contributed by atoms with E-state index < -0.39 is 6.29 Å². The van der Waals surface area contributed by atoms with Crippen molar-refractivity contribution >= 4 is 0 Å². The van der Waals surface area contributed by atoms with Crippen molar-refractivity contribution in [1.29, 1.82) is 0 Å². The average molecular weight is 321 g/mol. The number of para-hydroxylation sites is 1. The van der Waals surface area contributed by atoms with Gasteiger partial charge in [-0.05, 0) is 24.5 Å². The minimum Gasteiger partial charge on any atom is -0.465 e. The van der Waals surface area contributed by atoms with E-state index in [4.69, 9.17) is 4.74 Å². The van der Waals surface area contributed by atoms with Crippen molar-refractivity contribution in [1.82, 2.24) is 0 Å². The maximum atomic E-state index is 9.66. The Morgan fingerprint density at radius 1 is 0.826 bits per heavy atom. The molecule has 1 rings (SSSR count). The van der Waals surface area contributed by atoms with Gasteiger partial charge in [0.25, 0.3) is 0 Å². The van der Waals surface area contributed by atoms with Crippen LogP contribution in [0.1, 0.15) is 90.0 Å². The molecule has 2 heteroatoms. The molecule has 1 unspecified atom stereocenters. The molecule has 1 N–H and O–H groups in total. The second-order valence-corrected chi connectivity index (χ2v) is 6.52. The molecule has 1 atom stereocenters. The van der Waals surface area contributed by atoms with Crippen LogP contribution in [0.4, 0.5) is 0 Å². The summed E-state index contributed by atoms with van der Waals surface area (Å²) in [6, 6.07) is 8.10. The monoisotopic (exact) mass is 320 g/mol.